The number of likely N-dealkylation sites (tertiary alicyclic amines) is 1. The van der Waals surface area contributed by atoms with E-state index in [4.69, 9.17) is 9.63 Å². The van der Waals surface area contributed by atoms with E-state index in [0.717, 1.165) is 32.5 Å². The van der Waals surface area contributed by atoms with Crippen molar-refractivity contribution in [1.29, 1.82) is 0 Å². The molecule has 1 aliphatic rings. The third-order valence-corrected chi connectivity index (χ3v) is 4.00. The molecule has 0 saturated carbocycles. The second-order valence-corrected chi connectivity index (χ2v) is 5.49. The molecule has 0 bridgehead atoms. The van der Waals surface area contributed by atoms with Crippen molar-refractivity contribution in [2.75, 3.05) is 19.7 Å². The van der Waals surface area contributed by atoms with E-state index in [9.17, 15) is 0 Å². The number of aliphatic hydroxyl groups is 1. The second-order valence-electron chi connectivity index (χ2n) is 5.49. The van der Waals surface area contributed by atoms with Gasteiger partial charge in [-0.25, -0.2) is 0 Å². The number of nitrogens with zero attached hydrogens (tertiary/aromatic N) is 5. The summed E-state index contributed by atoms with van der Waals surface area (Å²) in [5.74, 6) is 1.89. The maximum absolute atomic E-state index is 9.08. The summed E-state index contributed by atoms with van der Waals surface area (Å²) in [6.45, 7) is 5.28. The summed E-state index contributed by atoms with van der Waals surface area (Å²) >= 11 is 0. The lowest BCUT2D eigenvalue weighted by molar-refractivity contribution is 0.177. The molecule has 2 aromatic rings. The fourth-order valence-corrected chi connectivity index (χ4v) is 2.95. The molecule has 0 radical (unpaired) electrons. The summed E-state index contributed by atoms with van der Waals surface area (Å²) in [6.07, 6.45) is 3.99. The van der Waals surface area contributed by atoms with Crippen molar-refractivity contribution >= 4 is 0 Å². The second kappa shape index (κ2) is 6.36. The monoisotopic (exact) mass is 291 g/mol. The van der Waals surface area contributed by atoms with E-state index in [1.807, 2.05) is 17.8 Å². The highest BCUT2D eigenvalue weighted by Crippen LogP contribution is 2.28. The molecule has 3 rings (SSSR count). The normalized spacial score (nSPS) is 17.4. The van der Waals surface area contributed by atoms with E-state index in [-0.39, 0.29) is 6.61 Å². The third-order valence-electron chi connectivity index (χ3n) is 4.00. The highest BCUT2D eigenvalue weighted by Gasteiger charge is 2.24. The SMILES string of the molecule is Cc1noc(CN2CCC(c3ccnn3CCO)CC2)n1. The molecule has 3 heterocycles. The average Bonchev–Trinajstić information content (AvgIpc) is 3.10. The Balaban J connectivity index is 1.56. The number of piperidine rings is 1. The first-order valence-electron chi connectivity index (χ1n) is 7.40. The summed E-state index contributed by atoms with van der Waals surface area (Å²) in [5, 5.41) is 17.2. The standard InChI is InChI=1S/C14H21N5O2/c1-11-16-14(21-17-11)10-18-6-3-12(4-7-18)13-2-5-15-19(13)8-9-20/h2,5,12,20H,3-4,6-10H2,1H3. The molecule has 0 atom stereocenters. The molecule has 2 aromatic heterocycles. The van der Waals surface area contributed by atoms with Gasteiger partial charge >= 0.3 is 0 Å². The summed E-state index contributed by atoms with van der Waals surface area (Å²) < 4.78 is 7.09. The maximum Gasteiger partial charge on any atom is 0.240 e. The number of hydrogen-bond acceptors (Lipinski definition) is 6. The van der Waals surface area contributed by atoms with Crippen LogP contribution in [0.5, 0.6) is 0 Å². The minimum atomic E-state index is 0.129. The molecule has 1 aliphatic heterocycles. The van der Waals surface area contributed by atoms with Crippen LogP contribution in [0.25, 0.3) is 0 Å². The molecular weight excluding hydrogens is 270 g/mol. The van der Waals surface area contributed by atoms with Gasteiger partial charge in [0.2, 0.25) is 5.89 Å². The zero-order chi connectivity index (χ0) is 14.7. The highest BCUT2D eigenvalue weighted by atomic mass is 16.5. The van der Waals surface area contributed by atoms with E-state index < -0.39 is 0 Å². The molecule has 0 aromatic carbocycles. The van der Waals surface area contributed by atoms with Gasteiger partial charge in [-0.05, 0) is 38.9 Å². The van der Waals surface area contributed by atoms with Gasteiger partial charge in [0.15, 0.2) is 5.82 Å². The molecule has 1 N–H and O–H groups in total. The summed E-state index contributed by atoms with van der Waals surface area (Å²) in [6, 6.07) is 2.07. The Morgan fingerprint density at radius 3 is 2.86 bits per heavy atom. The smallest absolute Gasteiger partial charge is 0.240 e. The number of aliphatic hydroxyl groups excluding tert-OH is 1. The van der Waals surface area contributed by atoms with E-state index in [0.29, 0.717) is 24.2 Å². The molecule has 114 valence electrons. The van der Waals surface area contributed by atoms with Crippen LogP contribution in [0, 0.1) is 6.92 Å². The Hall–Kier alpha value is -1.73. The molecule has 1 fully saturated rings. The van der Waals surface area contributed by atoms with Gasteiger partial charge in [0.1, 0.15) is 0 Å². The maximum atomic E-state index is 9.08. The van der Waals surface area contributed by atoms with Crippen LogP contribution in [-0.4, -0.2) is 49.6 Å². The Kier molecular flexibility index (Phi) is 4.31. The van der Waals surface area contributed by atoms with Crippen LogP contribution >= 0.6 is 0 Å². The minimum Gasteiger partial charge on any atom is -0.394 e. The Morgan fingerprint density at radius 1 is 1.38 bits per heavy atom. The molecule has 7 heteroatoms. The van der Waals surface area contributed by atoms with E-state index >= 15 is 0 Å². The number of hydrogen-bond donors (Lipinski definition) is 1. The first-order valence-corrected chi connectivity index (χ1v) is 7.40. The van der Waals surface area contributed by atoms with Gasteiger partial charge in [0.05, 0.1) is 19.7 Å². The zero-order valence-electron chi connectivity index (χ0n) is 12.3. The van der Waals surface area contributed by atoms with Crippen molar-refractivity contribution in [3.05, 3.63) is 29.7 Å². The van der Waals surface area contributed by atoms with Crippen LogP contribution in [0.1, 0.15) is 36.2 Å². The van der Waals surface area contributed by atoms with Gasteiger partial charge < -0.3 is 9.63 Å². The highest BCUT2D eigenvalue weighted by molar-refractivity contribution is 5.09. The minimum absolute atomic E-state index is 0.129. The Labute approximate surface area is 123 Å². The molecule has 0 spiro atoms. The lowest BCUT2D eigenvalue weighted by atomic mass is 9.93. The van der Waals surface area contributed by atoms with Crippen molar-refractivity contribution in [2.45, 2.75) is 38.8 Å². The molecular formula is C14H21N5O2. The summed E-state index contributed by atoms with van der Waals surface area (Å²) in [4.78, 5) is 6.59. The van der Waals surface area contributed by atoms with Crippen molar-refractivity contribution < 1.29 is 9.63 Å². The fourth-order valence-electron chi connectivity index (χ4n) is 2.95. The molecule has 0 aliphatic carbocycles. The summed E-state index contributed by atoms with van der Waals surface area (Å²) in [5.41, 5.74) is 1.23. The van der Waals surface area contributed by atoms with Crippen LogP contribution in [0.3, 0.4) is 0 Å². The first-order chi connectivity index (χ1) is 10.3. The Bertz CT molecular complexity index is 571. The topological polar surface area (TPSA) is 80.2 Å². The van der Waals surface area contributed by atoms with Crippen LogP contribution in [0.2, 0.25) is 0 Å². The van der Waals surface area contributed by atoms with Gasteiger partial charge in [-0.2, -0.15) is 10.1 Å². The average molecular weight is 291 g/mol. The lowest BCUT2D eigenvalue weighted by Gasteiger charge is -2.31. The van der Waals surface area contributed by atoms with Crippen molar-refractivity contribution in [1.82, 2.24) is 24.8 Å². The van der Waals surface area contributed by atoms with E-state index in [1.165, 1.54) is 5.69 Å². The Morgan fingerprint density at radius 2 is 2.19 bits per heavy atom. The van der Waals surface area contributed by atoms with E-state index in [1.54, 1.807) is 0 Å². The molecule has 0 amide bonds. The molecule has 1 saturated heterocycles. The van der Waals surface area contributed by atoms with Gasteiger partial charge in [0, 0.05) is 17.8 Å². The molecule has 7 nitrogen and oxygen atoms in total. The van der Waals surface area contributed by atoms with Gasteiger partial charge in [0.25, 0.3) is 0 Å². The molecule has 0 unspecified atom stereocenters. The third kappa shape index (κ3) is 3.30. The number of aryl methyl sites for hydroxylation is 1. The largest absolute Gasteiger partial charge is 0.394 e. The van der Waals surface area contributed by atoms with Gasteiger partial charge in [-0.15, -0.1) is 0 Å². The van der Waals surface area contributed by atoms with Gasteiger partial charge in [-0.1, -0.05) is 5.16 Å². The van der Waals surface area contributed by atoms with Crippen molar-refractivity contribution in [2.24, 2.45) is 0 Å². The van der Waals surface area contributed by atoms with Crippen LogP contribution in [-0.2, 0) is 13.1 Å². The van der Waals surface area contributed by atoms with Crippen LogP contribution in [0.4, 0.5) is 0 Å². The number of rotatable bonds is 5. The van der Waals surface area contributed by atoms with Crippen LogP contribution in [0.15, 0.2) is 16.8 Å². The zero-order valence-corrected chi connectivity index (χ0v) is 12.3. The molecule has 21 heavy (non-hydrogen) atoms. The predicted molar refractivity (Wildman–Crippen MR) is 75.6 cm³/mol. The first kappa shape index (κ1) is 14.2. The number of aromatic nitrogens is 4. The fraction of sp³-hybridized carbons (Fsp3) is 0.643. The van der Waals surface area contributed by atoms with Crippen molar-refractivity contribution in [3.63, 3.8) is 0 Å². The predicted octanol–water partition coefficient (Wildman–Crippen LogP) is 0.946. The van der Waals surface area contributed by atoms with Crippen LogP contribution < -0.4 is 0 Å². The van der Waals surface area contributed by atoms with Gasteiger partial charge in [-0.3, -0.25) is 9.58 Å². The summed E-state index contributed by atoms with van der Waals surface area (Å²) in [7, 11) is 0. The lowest BCUT2D eigenvalue weighted by Crippen LogP contribution is -2.33. The quantitative estimate of drug-likeness (QED) is 0.883. The van der Waals surface area contributed by atoms with E-state index in [2.05, 4.69) is 26.2 Å². The van der Waals surface area contributed by atoms with Crippen molar-refractivity contribution in [3.8, 4) is 0 Å².